The molecule has 4 saturated heterocycles. The molecular weight excluding hydrogens is 210 g/mol. The van der Waals surface area contributed by atoms with E-state index in [1.54, 1.807) is 0 Å². The summed E-state index contributed by atoms with van der Waals surface area (Å²) < 4.78 is 0. The maximum atomic E-state index is 6.02. The summed E-state index contributed by atoms with van der Waals surface area (Å²) in [6, 6.07) is 1.26. The Morgan fingerprint density at radius 1 is 1.00 bits per heavy atom. The van der Waals surface area contributed by atoms with Crippen LogP contribution < -0.4 is 5.73 Å². The Hall–Kier alpha value is -0.120. The number of rotatable bonds is 2. The van der Waals surface area contributed by atoms with Crippen molar-refractivity contribution >= 4 is 0 Å². The minimum Gasteiger partial charge on any atom is -0.328 e. The maximum absolute atomic E-state index is 6.02. The van der Waals surface area contributed by atoms with Gasteiger partial charge in [0.05, 0.1) is 0 Å². The van der Waals surface area contributed by atoms with E-state index >= 15 is 0 Å². The SMILES string of the molecule is CC(N)C1CCN(C2CN3CCC2CC3)CC1. The number of nitrogens with zero attached hydrogens (tertiary/aromatic N) is 2. The minimum atomic E-state index is 0.392. The molecule has 2 bridgehead atoms. The Labute approximate surface area is 105 Å². The molecule has 2 atom stereocenters. The molecule has 4 fully saturated rings. The van der Waals surface area contributed by atoms with Gasteiger partial charge >= 0.3 is 0 Å². The Balaban J connectivity index is 1.56. The van der Waals surface area contributed by atoms with Crippen LogP contribution in [-0.4, -0.2) is 54.6 Å². The van der Waals surface area contributed by atoms with E-state index in [9.17, 15) is 0 Å². The Kier molecular flexibility index (Phi) is 3.42. The van der Waals surface area contributed by atoms with Gasteiger partial charge < -0.3 is 10.6 Å². The van der Waals surface area contributed by atoms with Gasteiger partial charge in [0.2, 0.25) is 0 Å². The summed E-state index contributed by atoms with van der Waals surface area (Å²) >= 11 is 0. The third-order valence-corrected chi connectivity index (χ3v) is 5.41. The van der Waals surface area contributed by atoms with Crippen LogP contribution in [0, 0.1) is 11.8 Å². The molecule has 3 heteroatoms. The van der Waals surface area contributed by atoms with Crippen molar-refractivity contribution in [2.45, 2.75) is 44.7 Å². The predicted molar refractivity (Wildman–Crippen MR) is 70.9 cm³/mol. The molecule has 4 aliphatic heterocycles. The molecule has 0 aromatic heterocycles. The van der Waals surface area contributed by atoms with Crippen molar-refractivity contribution in [3.05, 3.63) is 0 Å². The van der Waals surface area contributed by atoms with Crippen LogP contribution in [0.5, 0.6) is 0 Å². The van der Waals surface area contributed by atoms with Gasteiger partial charge in [-0.05, 0) is 70.6 Å². The fraction of sp³-hybridized carbons (Fsp3) is 1.00. The van der Waals surface area contributed by atoms with Crippen molar-refractivity contribution in [2.24, 2.45) is 17.6 Å². The highest BCUT2D eigenvalue weighted by molar-refractivity contribution is 4.94. The van der Waals surface area contributed by atoms with E-state index in [1.807, 2.05) is 0 Å². The van der Waals surface area contributed by atoms with Crippen LogP contribution in [0.15, 0.2) is 0 Å². The van der Waals surface area contributed by atoms with Gasteiger partial charge in [-0.25, -0.2) is 0 Å². The van der Waals surface area contributed by atoms with Gasteiger partial charge in [0.15, 0.2) is 0 Å². The zero-order chi connectivity index (χ0) is 11.8. The van der Waals surface area contributed by atoms with Crippen LogP contribution in [0.4, 0.5) is 0 Å². The van der Waals surface area contributed by atoms with E-state index < -0.39 is 0 Å². The number of hydrogen-bond acceptors (Lipinski definition) is 3. The first kappa shape index (κ1) is 11.9. The average molecular weight is 237 g/mol. The van der Waals surface area contributed by atoms with Crippen LogP contribution in [0.2, 0.25) is 0 Å². The molecule has 0 aromatic carbocycles. The highest BCUT2D eigenvalue weighted by atomic mass is 15.3. The van der Waals surface area contributed by atoms with E-state index in [0.717, 1.165) is 17.9 Å². The average Bonchev–Trinajstić information content (AvgIpc) is 2.40. The normalized spacial score (nSPS) is 41.6. The van der Waals surface area contributed by atoms with Crippen LogP contribution >= 0.6 is 0 Å². The van der Waals surface area contributed by atoms with Crippen LogP contribution in [0.25, 0.3) is 0 Å². The molecule has 0 amide bonds. The highest BCUT2D eigenvalue weighted by Crippen LogP contribution is 2.33. The van der Waals surface area contributed by atoms with Crippen LogP contribution in [0.3, 0.4) is 0 Å². The molecule has 3 nitrogen and oxygen atoms in total. The van der Waals surface area contributed by atoms with Crippen molar-refractivity contribution in [1.29, 1.82) is 0 Å². The lowest BCUT2D eigenvalue weighted by Crippen LogP contribution is -2.59. The molecule has 0 spiro atoms. The van der Waals surface area contributed by atoms with Gasteiger partial charge in [-0.2, -0.15) is 0 Å². The second kappa shape index (κ2) is 4.87. The molecule has 0 aliphatic carbocycles. The topological polar surface area (TPSA) is 32.5 Å². The number of piperidine rings is 4. The van der Waals surface area contributed by atoms with E-state index in [-0.39, 0.29) is 0 Å². The van der Waals surface area contributed by atoms with E-state index in [0.29, 0.717) is 6.04 Å². The van der Waals surface area contributed by atoms with Crippen molar-refractivity contribution < 1.29 is 0 Å². The molecule has 4 rings (SSSR count). The quantitative estimate of drug-likeness (QED) is 0.782. The van der Waals surface area contributed by atoms with Crippen LogP contribution in [-0.2, 0) is 0 Å². The van der Waals surface area contributed by atoms with Gasteiger partial charge in [-0.1, -0.05) is 0 Å². The summed E-state index contributed by atoms with van der Waals surface area (Å²) in [5, 5.41) is 0. The van der Waals surface area contributed by atoms with E-state index in [2.05, 4.69) is 16.7 Å². The predicted octanol–water partition coefficient (Wildman–Crippen LogP) is 1.14. The standard InChI is InChI=1S/C14H27N3/c1-11(15)12-4-8-17(9-5-12)14-10-16-6-2-13(14)3-7-16/h11-14H,2-10,15H2,1H3. The molecule has 98 valence electrons. The third kappa shape index (κ3) is 2.38. The lowest BCUT2D eigenvalue weighted by molar-refractivity contribution is -0.00996. The lowest BCUT2D eigenvalue weighted by Gasteiger charge is -2.50. The maximum Gasteiger partial charge on any atom is 0.0252 e. The zero-order valence-corrected chi connectivity index (χ0v) is 11.1. The molecule has 0 radical (unpaired) electrons. The smallest absolute Gasteiger partial charge is 0.0252 e. The zero-order valence-electron chi connectivity index (χ0n) is 11.1. The summed E-state index contributed by atoms with van der Waals surface area (Å²) in [5.41, 5.74) is 6.02. The fourth-order valence-corrected chi connectivity index (χ4v) is 4.12. The molecule has 2 unspecified atom stereocenters. The summed E-state index contributed by atoms with van der Waals surface area (Å²) in [5.74, 6) is 1.76. The van der Waals surface area contributed by atoms with E-state index in [1.165, 1.54) is 58.4 Å². The fourth-order valence-electron chi connectivity index (χ4n) is 4.12. The van der Waals surface area contributed by atoms with Crippen molar-refractivity contribution in [2.75, 3.05) is 32.7 Å². The molecule has 0 aromatic rings. The summed E-state index contributed by atoms with van der Waals surface area (Å²) in [4.78, 5) is 5.44. The van der Waals surface area contributed by atoms with Gasteiger partial charge in [-0.3, -0.25) is 4.90 Å². The Bertz CT molecular complexity index is 250. The third-order valence-electron chi connectivity index (χ3n) is 5.41. The first-order valence-corrected chi connectivity index (χ1v) is 7.46. The second-order valence-corrected chi connectivity index (χ2v) is 6.44. The number of fused-ring (bicyclic) bond motifs is 3. The molecule has 2 N–H and O–H groups in total. The van der Waals surface area contributed by atoms with Gasteiger partial charge in [0.25, 0.3) is 0 Å². The number of likely N-dealkylation sites (tertiary alicyclic amines) is 1. The van der Waals surface area contributed by atoms with Crippen LogP contribution in [0.1, 0.15) is 32.6 Å². The second-order valence-electron chi connectivity index (χ2n) is 6.44. The summed E-state index contributed by atoms with van der Waals surface area (Å²) in [7, 11) is 0. The largest absolute Gasteiger partial charge is 0.328 e. The number of hydrogen-bond donors (Lipinski definition) is 1. The van der Waals surface area contributed by atoms with Crippen molar-refractivity contribution in [3.63, 3.8) is 0 Å². The Morgan fingerprint density at radius 3 is 2.12 bits per heavy atom. The highest BCUT2D eigenvalue weighted by Gasteiger charge is 2.38. The molecular formula is C14H27N3. The van der Waals surface area contributed by atoms with Crippen molar-refractivity contribution in [3.8, 4) is 0 Å². The number of nitrogens with two attached hydrogens (primary N) is 1. The first-order valence-electron chi connectivity index (χ1n) is 7.46. The van der Waals surface area contributed by atoms with E-state index in [4.69, 9.17) is 5.73 Å². The van der Waals surface area contributed by atoms with Gasteiger partial charge in [0, 0.05) is 18.6 Å². The summed E-state index contributed by atoms with van der Waals surface area (Å²) in [6.07, 6.45) is 5.53. The van der Waals surface area contributed by atoms with Gasteiger partial charge in [0.1, 0.15) is 0 Å². The Morgan fingerprint density at radius 2 is 1.65 bits per heavy atom. The minimum absolute atomic E-state index is 0.392. The first-order chi connectivity index (χ1) is 8.24. The van der Waals surface area contributed by atoms with Crippen molar-refractivity contribution in [1.82, 2.24) is 9.80 Å². The molecule has 17 heavy (non-hydrogen) atoms. The summed E-state index contributed by atoms with van der Waals surface area (Å²) in [6.45, 7) is 8.82. The molecule has 0 saturated carbocycles. The molecule has 4 heterocycles. The van der Waals surface area contributed by atoms with Gasteiger partial charge in [-0.15, -0.1) is 0 Å². The monoisotopic (exact) mass is 237 g/mol. The lowest BCUT2D eigenvalue weighted by atomic mass is 9.81. The molecule has 4 aliphatic rings.